The number of rotatable bonds is 3. The van der Waals surface area contributed by atoms with Crippen molar-refractivity contribution in [2.24, 2.45) is 0 Å². The number of hydrogen-bond acceptors (Lipinski definition) is 4. The fraction of sp³-hybridized carbons (Fsp3) is 0.385. The molecular weight excluding hydrogens is 246 g/mol. The Balaban J connectivity index is 2.01. The first kappa shape index (κ1) is 13.2. The average molecular weight is 261 g/mol. The number of amides is 2. The summed E-state index contributed by atoms with van der Waals surface area (Å²) >= 11 is 0. The van der Waals surface area contributed by atoms with Crippen molar-refractivity contribution in [1.29, 1.82) is 5.26 Å². The van der Waals surface area contributed by atoms with E-state index in [1.165, 1.54) is 7.11 Å². The molecule has 6 nitrogen and oxygen atoms in total. The standard InChI is InChI=1S/C13H15N3O3/c1-18-12-6-9(7-14)2-3-11(12)16-13(17)15-10-4-5-19-8-10/h2-3,6,10H,4-5,8H2,1H3,(H2,15,16,17). The first-order valence-electron chi connectivity index (χ1n) is 5.96. The van der Waals surface area contributed by atoms with Crippen molar-refractivity contribution in [2.45, 2.75) is 12.5 Å². The van der Waals surface area contributed by atoms with E-state index in [4.69, 9.17) is 14.7 Å². The molecule has 6 heteroatoms. The third kappa shape index (κ3) is 3.36. The maximum Gasteiger partial charge on any atom is 0.319 e. The predicted molar refractivity (Wildman–Crippen MR) is 69.1 cm³/mol. The summed E-state index contributed by atoms with van der Waals surface area (Å²) in [5.41, 5.74) is 1.00. The van der Waals surface area contributed by atoms with Gasteiger partial charge in [0, 0.05) is 12.7 Å². The maximum absolute atomic E-state index is 11.8. The zero-order valence-corrected chi connectivity index (χ0v) is 10.6. The number of nitrogens with zero attached hydrogens (tertiary/aromatic N) is 1. The quantitative estimate of drug-likeness (QED) is 0.863. The van der Waals surface area contributed by atoms with Crippen LogP contribution in [0.1, 0.15) is 12.0 Å². The molecule has 2 amide bonds. The number of benzene rings is 1. The van der Waals surface area contributed by atoms with Gasteiger partial charge in [0.1, 0.15) is 5.75 Å². The summed E-state index contributed by atoms with van der Waals surface area (Å²) in [6.45, 7) is 1.21. The van der Waals surface area contributed by atoms with E-state index < -0.39 is 0 Å². The van der Waals surface area contributed by atoms with E-state index in [-0.39, 0.29) is 12.1 Å². The smallest absolute Gasteiger partial charge is 0.319 e. The van der Waals surface area contributed by atoms with E-state index in [1.54, 1.807) is 18.2 Å². The van der Waals surface area contributed by atoms with Crippen LogP contribution in [-0.2, 0) is 4.74 Å². The molecule has 0 spiro atoms. The number of anilines is 1. The number of carbonyl (C=O) groups is 1. The highest BCUT2D eigenvalue weighted by molar-refractivity contribution is 5.91. The number of hydrogen-bond donors (Lipinski definition) is 2. The first-order chi connectivity index (χ1) is 9.22. The molecule has 1 aliphatic rings. The average Bonchev–Trinajstić information content (AvgIpc) is 2.91. The van der Waals surface area contributed by atoms with Crippen molar-refractivity contribution in [2.75, 3.05) is 25.6 Å². The third-order valence-corrected chi connectivity index (χ3v) is 2.84. The Kier molecular flexibility index (Phi) is 4.21. The molecule has 0 saturated carbocycles. The lowest BCUT2D eigenvalue weighted by molar-refractivity contribution is 0.189. The highest BCUT2D eigenvalue weighted by Crippen LogP contribution is 2.25. The highest BCUT2D eigenvalue weighted by atomic mass is 16.5. The van der Waals surface area contributed by atoms with E-state index in [0.29, 0.717) is 30.2 Å². The van der Waals surface area contributed by atoms with Crippen LogP contribution in [0.25, 0.3) is 0 Å². The second-order valence-electron chi connectivity index (χ2n) is 4.19. The van der Waals surface area contributed by atoms with Crippen LogP contribution < -0.4 is 15.4 Å². The Morgan fingerprint density at radius 2 is 2.42 bits per heavy atom. The van der Waals surface area contributed by atoms with Crippen LogP contribution in [0.15, 0.2) is 18.2 Å². The molecule has 0 bridgehead atoms. The molecule has 1 heterocycles. The molecule has 1 atom stereocenters. The van der Waals surface area contributed by atoms with Crippen molar-refractivity contribution in [3.8, 4) is 11.8 Å². The van der Waals surface area contributed by atoms with Gasteiger partial charge in [-0.05, 0) is 18.6 Å². The van der Waals surface area contributed by atoms with E-state index in [2.05, 4.69) is 10.6 Å². The number of nitrogens with one attached hydrogen (secondary N) is 2. The minimum Gasteiger partial charge on any atom is -0.495 e. The molecule has 0 aliphatic carbocycles. The molecule has 1 aromatic carbocycles. The van der Waals surface area contributed by atoms with Crippen LogP contribution >= 0.6 is 0 Å². The van der Waals surface area contributed by atoms with E-state index >= 15 is 0 Å². The molecule has 100 valence electrons. The Bertz CT molecular complexity index is 504. The van der Waals surface area contributed by atoms with Crippen molar-refractivity contribution in [1.82, 2.24) is 5.32 Å². The summed E-state index contributed by atoms with van der Waals surface area (Å²) in [5.74, 6) is 0.455. The van der Waals surface area contributed by atoms with Gasteiger partial charge in [-0.3, -0.25) is 0 Å². The monoisotopic (exact) mass is 261 g/mol. The van der Waals surface area contributed by atoms with Gasteiger partial charge < -0.3 is 20.1 Å². The van der Waals surface area contributed by atoms with E-state index in [9.17, 15) is 4.79 Å². The molecule has 2 N–H and O–H groups in total. The Labute approximate surface area is 111 Å². The highest BCUT2D eigenvalue weighted by Gasteiger charge is 2.18. The number of carbonyl (C=O) groups excluding carboxylic acids is 1. The lowest BCUT2D eigenvalue weighted by Crippen LogP contribution is -2.38. The van der Waals surface area contributed by atoms with Gasteiger partial charge in [-0.1, -0.05) is 0 Å². The SMILES string of the molecule is COc1cc(C#N)ccc1NC(=O)NC1CCOC1. The summed E-state index contributed by atoms with van der Waals surface area (Å²) in [4.78, 5) is 11.8. The molecule has 1 unspecified atom stereocenters. The minimum atomic E-state index is -0.307. The summed E-state index contributed by atoms with van der Waals surface area (Å²) in [7, 11) is 1.49. The Hall–Kier alpha value is -2.26. The van der Waals surface area contributed by atoms with Gasteiger partial charge in [0.25, 0.3) is 0 Å². The molecule has 1 aliphatic heterocycles. The summed E-state index contributed by atoms with van der Waals surface area (Å²) in [6.07, 6.45) is 0.817. The molecular formula is C13H15N3O3. The summed E-state index contributed by atoms with van der Waals surface area (Å²) in [6, 6.07) is 6.60. The topological polar surface area (TPSA) is 83.4 Å². The number of urea groups is 1. The van der Waals surface area contributed by atoms with Gasteiger partial charge in [0.15, 0.2) is 0 Å². The van der Waals surface area contributed by atoms with E-state index in [0.717, 1.165) is 6.42 Å². The Morgan fingerprint density at radius 3 is 3.05 bits per heavy atom. The fourth-order valence-corrected chi connectivity index (χ4v) is 1.86. The number of ether oxygens (including phenoxy) is 2. The zero-order chi connectivity index (χ0) is 13.7. The maximum atomic E-state index is 11.8. The lowest BCUT2D eigenvalue weighted by atomic mass is 10.2. The van der Waals surface area contributed by atoms with Crippen molar-refractivity contribution in [3.05, 3.63) is 23.8 Å². The van der Waals surface area contributed by atoms with Gasteiger partial charge in [-0.15, -0.1) is 0 Å². The van der Waals surface area contributed by atoms with Gasteiger partial charge in [0.05, 0.1) is 37.1 Å². The third-order valence-electron chi connectivity index (χ3n) is 2.84. The fourth-order valence-electron chi connectivity index (χ4n) is 1.86. The molecule has 1 fully saturated rings. The van der Waals surface area contributed by atoms with Crippen molar-refractivity contribution < 1.29 is 14.3 Å². The predicted octanol–water partition coefficient (Wildman–Crippen LogP) is 1.48. The van der Waals surface area contributed by atoms with Crippen molar-refractivity contribution >= 4 is 11.7 Å². The second kappa shape index (κ2) is 6.07. The molecule has 0 aromatic heterocycles. The van der Waals surface area contributed by atoms with Crippen molar-refractivity contribution in [3.63, 3.8) is 0 Å². The Morgan fingerprint density at radius 1 is 1.58 bits per heavy atom. The zero-order valence-electron chi connectivity index (χ0n) is 10.6. The molecule has 1 aromatic rings. The summed E-state index contributed by atoms with van der Waals surface area (Å²) in [5, 5.41) is 14.3. The van der Waals surface area contributed by atoms with Crippen LogP contribution in [0.3, 0.4) is 0 Å². The molecule has 19 heavy (non-hydrogen) atoms. The first-order valence-corrected chi connectivity index (χ1v) is 5.96. The second-order valence-corrected chi connectivity index (χ2v) is 4.19. The van der Waals surface area contributed by atoms with Gasteiger partial charge in [-0.2, -0.15) is 5.26 Å². The number of nitriles is 1. The largest absolute Gasteiger partial charge is 0.495 e. The molecule has 1 saturated heterocycles. The van der Waals surface area contributed by atoms with Crippen LogP contribution in [0, 0.1) is 11.3 Å². The lowest BCUT2D eigenvalue weighted by Gasteiger charge is -2.14. The van der Waals surface area contributed by atoms with Crippen LogP contribution in [0.5, 0.6) is 5.75 Å². The van der Waals surface area contributed by atoms with Gasteiger partial charge in [0.2, 0.25) is 0 Å². The van der Waals surface area contributed by atoms with Crippen LogP contribution in [-0.4, -0.2) is 32.4 Å². The van der Waals surface area contributed by atoms with E-state index in [1.807, 2.05) is 6.07 Å². The molecule has 0 radical (unpaired) electrons. The minimum absolute atomic E-state index is 0.0457. The van der Waals surface area contributed by atoms with Gasteiger partial charge >= 0.3 is 6.03 Å². The van der Waals surface area contributed by atoms with Crippen LogP contribution in [0.2, 0.25) is 0 Å². The normalized spacial score (nSPS) is 17.6. The van der Waals surface area contributed by atoms with Gasteiger partial charge in [-0.25, -0.2) is 4.79 Å². The molecule has 2 rings (SSSR count). The number of methoxy groups -OCH3 is 1. The summed E-state index contributed by atoms with van der Waals surface area (Å²) < 4.78 is 10.3. The van der Waals surface area contributed by atoms with Crippen LogP contribution in [0.4, 0.5) is 10.5 Å².